The molecule has 0 spiro atoms. The van der Waals surface area contributed by atoms with Crippen molar-refractivity contribution in [2.45, 2.75) is 30.6 Å². The zero-order valence-corrected chi connectivity index (χ0v) is 33.7. The zero-order chi connectivity index (χ0) is 40.6. The van der Waals surface area contributed by atoms with E-state index in [0.29, 0.717) is 10.8 Å². The van der Waals surface area contributed by atoms with E-state index in [0.717, 1.165) is 88.5 Å². The number of sulfone groups is 1. The van der Waals surface area contributed by atoms with Crippen molar-refractivity contribution in [1.29, 1.82) is 0 Å². The predicted molar refractivity (Wildman–Crippen MR) is 235 cm³/mol. The third-order valence-corrected chi connectivity index (χ3v) is 11.2. The number of anilines is 2. The molecule has 0 amide bonds. The third-order valence-electron chi connectivity index (χ3n) is 10.1. The highest BCUT2D eigenvalue weighted by atomic mass is 32.2. The molecule has 5 aromatic heterocycles. The molecule has 2 fully saturated rings. The van der Waals surface area contributed by atoms with Crippen molar-refractivity contribution in [2.24, 2.45) is 0 Å². The summed E-state index contributed by atoms with van der Waals surface area (Å²) in [5.74, 6) is 2.49. The fourth-order valence-electron chi connectivity index (χ4n) is 7.00. The number of nitrogens with zero attached hydrogens (tertiary/aromatic N) is 9. The van der Waals surface area contributed by atoms with E-state index in [9.17, 15) is 8.42 Å². The van der Waals surface area contributed by atoms with Gasteiger partial charge in [-0.2, -0.15) is 0 Å². The van der Waals surface area contributed by atoms with Crippen LogP contribution in [0.4, 0.5) is 11.6 Å². The first-order chi connectivity index (χ1) is 28.3. The Kier molecular flexibility index (Phi) is 12.0. The summed E-state index contributed by atoms with van der Waals surface area (Å²) in [4.78, 5) is 36.7. The summed E-state index contributed by atoms with van der Waals surface area (Å²) in [6.45, 7) is 15.0. The highest BCUT2D eigenvalue weighted by molar-refractivity contribution is 7.90. The van der Waals surface area contributed by atoms with Crippen LogP contribution in [0.1, 0.15) is 49.8 Å². The van der Waals surface area contributed by atoms with Gasteiger partial charge in [-0.05, 0) is 66.2 Å². The highest BCUT2D eigenvalue weighted by Gasteiger charge is 2.34. The maximum atomic E-state index is 11.7. The minimum atomic E-state index is -3.23. The summed E-state index contributed by atoms with van der Waals surface area (Å²) in [5.41, 5.74) is 8.33. The van der Waals surface area contributed by atoms with Crippen LogP contribution in [0, 0.1) is 0 Å². The molecule has 2 aliphatic heterocycles. The molecule has 12 heteroatoms. The van der Waals surface area contributed by atoms with Gasteiger partial charge in [0.1, 0.15) is 11.6 Å². The lowest BCUT2D eigenvalue weighted by Crippen LogP contribution is -2.46. The SMILES string of the molecule is C=Cc1ccc(N2CC(c3nccnc3-c3ccc(S(C)(=O)=O)cc3)C2)nc1C=C.CC.[HH].c1cncc(-c2nccnc2C2CN(c3ccc4ccccc4n3)C2)c1. The summed E-state index contributed by atoms with van der Waals surface area (Å²) in [6.07, 6.45) is 15.2. The number of fused-ring (bicyclic) bond motifs is 1. The van der Waals surface area contributed by atoms with Crippen LogP contribution >= 0.6 is 0 Å². The molecule has 7 aromatic rings. The molecule has 7 heterocycles. The van der Waals surface area contributed by atoms with Crippen molar-refractivity contribution >= 4 is 44.5 Å². The molecule has 0 atom stereocenters. The van der Waals surface area contributed by atoms with Gasteiger partial charge >= 0.3 is 0 Å². The van der Waals surface area contributed by atoms with Crippen LogP contribution in [0.2, 0.25) is 0 Å². The van der Waals surface area contributed by atoms with E-state index in [4.69, 9.17) is 4.98 Å². The molecule has 0 bridgehead atoms. The second-order valence-corrected chi connectivity index (χ2v) is 15.8. The fourth-order valence-corrected chi connectivity index (χ4v) is 7.63. The second kappa shape index (κ2) is 17.6. The zero-order valence-electron chi connectivity index (χ0n) is 32.8. The van der Waals surface area contributed by atoms with E-state index in [1.54, 1.807) is 67.4 Å². The van der Waals surface area contributed by atoms with Crippen LogP contribution in [0.3, 0.4) is 0 Å². The number of benzene rings is 2. The van der Waals surface area contributed by atoms with Gasteiger partial charge in [0.2, 0.25) is 0 Å². The van der Waals surface area contributed by atoms with Gasteiger partial charge in [-0.25, -0.2) is 18.4 Å². The van der Waals surface area contributed by atoms with Gasteiger partial charge in [0.15, 0.2) is 9.84 Å². The Balaban J connectivity index is 0.000000189. The number of rotatable bonds is 9. The van der Waals surface area contributed by atoms with Crippen molar-refractivity contribution in [3.8, 4) is 22.5 Å². The Bertz CT molecular complexity index is 2650. The van der Waals surface area contributed by atoms with Crippen molar-refractivity contribution < 1.29 is 9.84 Å². The van der Waals surface area contributed by atoms with Crippen molar-refractivity contribution in [1.82, 2.24) is 34.9 Å². The fraction of sp³-hybridized carbons (Fsp3) is 0.196. The van der Waals surface area contributed by atoms with Gasteiger partial charge < -0.3 is 9.80 Å². The van der Waals surface area contributed by atoms with Gasteiger partial charge in [-0.1, -0.05) is 63.4 Å². The molecule has 0 N–H and O–H groups in total. The van der Waals surface area contributed by atoms with Crippen LogP contribution in [0.15, 0.2) is 140 Å². The van der Waals surface area contributed by atoms with E-state index in [-0.39, 0.29) is 7.34 Å². The number of hydrogen-bond donors (Lipinski definition) is 0. The molecule has 58 heavy (non-hydrogen) atoms. The normalized spacial score (nSPS) is 13.9. The van der Waals surface area contributed by atoms with Crippen LogP contribution in [0.5, 0.6) is 0 Å². The molecule has 11 nitrogen and oxygen atoms in total. The standard InChI is InChI=1S/C23H22N4O2S.C21H17N5.C2H6.H2/c1-4-16-8-11-21(26-20(16)5-2)27-14-18(15-27)23-22(24-12-13-25-23)17-6-9-19(10-7-17)30(3,28)29;1-2-6-18-15(4-1)7-8-19(25-18)26-13-17(14-26)21-20(23-10-11-24-21)16-5-3-9-22-12-16;1-2;/h4-13,18H,1-2,14-15H2,3H3;1-12,17H,13-14H2;1-2H3;1H. The van der Waals surface area contributed by atoms with Crippen molar-refractivity contribution in [3.05, 3.63) is 158 Å². The Morgan fingerprint density at radius 1 is 0.638 bits per heavy atom. The van der Waals surface area contributed by atoms with Crippen LogP contribution in [-0.2, 0) is 9.84 Å². The van der Waals surface area contributed by atoms with E-state index >= 15 is 0 Å². The van der Waals surface area contributed by atoms with Crippen molar-refractivity contribution in [2.75, 3.05) is 42.2 Å². The summed E-state index contributed by atoms with van der Waals surface area (Å²) >= 11 is 0. The molecule has 0 unspecified atom stereocenters. The minimum Gasteiger partial charge on any atom is -0.355 e. The second-order valence-electron chi connectivity index (χ2n) is 13.7. The molecule has 0 aliphatic carbocycles. The summed E-state index contributed by atoms with van der Waals surface area (Å²) < 4.78 is 23.4. The molecule has 9 rings (SSSR count). The first-order valence-electron chi connectivity index (χ1n) is 19.2. The average Bonchev–Trinajstić information content (AvgIpc) is 3.24. The summed E-state index contributed by atoms with van der Waals surface area (Å²) in [5, 5.41) is 1.17. The van der Waals surface area contributed by atoms with Crippen molar-refractivity contribution in [3.63, 3.8) is 0 Å². The van der Waals surface area contributed by atoms with Gasteiger partial charge in [0, 0.05) is 99.4 Å². The van der Waals surface area contributed by atoms with E-state index in [1.807, 2.05) is 56.4 Å². The molecule has 2 saturated heterocycles. The van der Waals surface area contributed by atoms with Crippen LogP contribution < -0.4 is 9.80 Å². The summed E-state index contributed by atoms with van der Waals surface area (Å²) in [6, 6.07) is 27.2. The van der Waals surface area contributed by atoms with Gasteiger partial charge in [0.05, 0.1) is 38.9 Å². The van der Waals surface area contributed by atoms with Crippen LogP contribution in [-0.4, -0.2) is 75.7 Å². The first-order valence-corrected chi connectivity index (χ1v) is 21.1. The quantitative estimate of drug-likeness (QED) is 0.139. The Morgan fingerprint density at radius 2 is 1.22 bits per heavy atom. The predicted octanol–water partition coefficient (Wildman–Crippen LogP) is 8.79. The molecule has 2 aromatic carbocycles. The van der Waals surface area contributed by atoms with E-state index in [1.165, 1.54) is 11.6 Å². The van der Waals surface area contributed by atoms with Gasteiger partial charge in [-0.3, -0.25) is 24.9 Å². The monoisotopic (exact) mass is 789 g/mol. The number of aromatic nitrogens is 7. The molecular formula is C46H47N9O2S. The Labute approximate surface area is 341 Å². The number of pyridine rings is 3. The first kappa shape index (κ1) is 39.6. The Hall–Kier alpha value is -6.66. The lowest BCUT2D eigenvalue weighted by molar-refractivity contribution is 0.508. The molecule has 294 valence electrons. The van der Waals surface area contributed by atoms with Crippen LogP contribution in [0.25, 0.3) is 45.6 Å². The minimum absolute atomic E-state index is 0. The molecular weight excluding hydrogens is 743 g/mol. The number of hydrogen-bond acceptors (Lipinski definition) is 11. The highest BCUT2D eigenvalue weighted by Crippen LogP contribution is 2.36. The smallest absolute Gasteiger partial charge is 0.175 e. The van der Waals surface area contributed by atoms with Gasteiger partial charge in [-0.15, -0.1) is 0 Å². The molecule has 0 saturated carbocycles. The largest absolute Gasteiger partial charge is 0.355 e. The van der Waals surface area contributed by atoms with E-state index < -0.39 is 9.84 Å². The Morgan fingerprint density at radius 3 is 1.81 bits per heavy atom. The maximum Gasteiger partial charge on any atom is 0.175 e. The number of para-hydroxylation sites is 1. The third kappa shape index (κ3) is 8.52. The van der Waals surface area contributed by atoms with Gasteiger partial charge in [0.25, 0.3) is 0 Å². The lowest BCUT2D eigenvalue weighted by Gasteiger charge is -2.40. The molecule has 2 aliphatic rings. The molecule has 0 radical (unpaired) electrons. The summed E-state index contributed by atoms with van der Waals surface area (Å²) in [7, 11) is -3.23. The maximum absolute atomic E-state index is 11.7. The lowest BCUT2D eigenvalue weighted by atomic mass is 9.92. The van der Waals surface area contributed by atoms with E-state index in [2.05, 4.69) is 77.1 Å². The topological polar surface area (TPSA) is 131 Å². The average molecular weight is 790 g/mol.